The summed E-state index contributed by atoms with van der Waals surface area (Å²) in [4.78, 5) is 12.6. The molecule has 0 atom stereocenters. The van der Waals surface area contributed by atoms with Crippen molar-refractivity contribution in [1.29, 1.82) is 0 Å². The maximum absolute atomic E-state index is 12.6. The van der Waals surface area contributed by atoms with Crippen LogP contribution in [0, 0.1) is 0 Å². The zero-order valence-electron chi connectivity index (χ0n) is 15.1. The van der Waals surface area contributed by atoms with Crippen LogP contribution in [0.4, 0.5) is 0 Å². The maximum Gasteiger partial charge on any atom is 0.252 e. The van der Waals surface area contributed by atoms with Gasteiger partial charge in [0.2, 0.25) is 0 Å². The van der Waals surface area contributed by atoms with E-state index in [1.165, 1.54) is 26.4 Å². The van der Waals surface area contributed by atoms with Gasteiger partial charge in [0.25, 0.3) is 5.91 Å². The Bertz CT molecular complexity index is 877. The summed E-state index contributed by atoms with van der Waals surface area (Å²) >= 11 is 0. The van der Waals surface area contributed by atoms with Crippen LogP contribution in [-0.2, 0) is 16.4 Å². The third-order valence-corrected chi connectivity index (χ3v) is 5.84. The molecule has 2 aromatic carbocycles. The van der Waals surface area contributed by atoms with Gasteiger partial charge in [0, 0.05) is 12.1 Å². The first-order valence-corrected chi connectivity index (χ1v) is 9.89. The first kappa shape index (κ1) is 19.8. The largest absolute Gasteiger partial charge is 0.493 e. The number of hydrogen-bond donors (Lipinski definition) is 1. The molecule has 0 aliphatic rings. The Balaban J connectivity index is 2.25. The molecular formula is C19H23NO5S. The Morgan fingerprint density at radius 1 is 1.04 bits per heavy atom. The molecule has 26 heavy (non-hydrogen) atoms. The van der Waals surface area contributed by atoms with Gasteiger partial charge in [-0.3, -0.25) is 4.79 Å². The van der Waals surface area contributed by atoms with Crippen molar-refractivity contribution in [2.24, 2.45) is 0 Å². The lowest BCUT2D eigenvalue weighted by atomic mass is 10.1. The van der Waals surface area contributed by atoms with Crippen LogP contribution in [0.1, 0.15) is 29.3 Å². The normalized spacial score (nSPS) is 11.0. The summed E-state index contributed by atoms with van der Waals surface area (Å²) in [6.45, 7) is 1.97. The number of carbonyl (C=O) groups excluding carboxylic acids is 1. The fraction of sp³-hybridized carbons (Fsp3) is 0.316. The van der Waals surface area contributed by atoms with E-state index in [-0.39, 0.29) is 22.8 Å². The van der Waals surface area contributed by atoms with Crippen molar-refractivity contribution >= 4 is 15.7 Å². The van der Waals surface area contributed by atoms with Crippen molar-refractivity contribution in [2.75, 3.05) is 20.0 Å². The lowest BCUT2D eigenvalue weighted by Crippen LogP contribution is -2.25. The minimum atomic E-state index is -3.50. The fourth-order valence-electron chi connectivity index (χ4n) is 2.67. The van der Waals surface area contributed by atoms with Gasteiger partial charge in [-0.1, -0.05) is 31.2 Å². The molecule has 0 radical (unpaired) electrons. The van der Waals surface area contributed by atoms with Crippen LogP contribution in [0.5, 0.6) is 11.5 Å². The zero-order valence-corrected chi connectivity index (χ0v) is 15.9. The van der Waals surface area contributed by atoms with Gasteiger partial charge >= 0.3 is 0 Å². The Labute approximate surface area is 154 Å². The van der Waals surface area contributed by atoms with Crippen molar-refractivity contribution in [3.8, 4) is 11.5 Å². The molecule has 0 fully saturated rings. The van der Waals surface area contributed by atoms with Crippen molar-refractivity contribution < 1.29 is 22.7 Å². The Kier molecular flexibility index (Phi) is 6.63. The second kappa shape index (κ2) is 8.71. The number of nitrogens with one attached hydrogen (secondary N) is 1. The summed E-state index contributed by atoms with van der Waals surface area (Å²) in [6.07, 6.45) is 0.485. The number of benzene rings is 2. The average molecular weight is 377 g/mol. The number of hydrogen-bond acceptors (Lipinski definition) is 5. The third-order valence-electron chi connectivity index (χ3n) is 3.86. The average Bonchev–Trinajstić information content (AvgIpc) is 2.65. The summed E-state index contributed by atoms with van der Waals surface area (Å²) in [6, 6.07) is 11.6. The molecule has 0 saturated carbocycles. The van der Waals surface area contributed by atoms with Crippen LogP contribution in [0.25, 0.3) is 0 Å². The van der Waals surface area contributed by atoms with Crippen molar-refractivity contribution in [3.63, 3.8) is 0 Å². The molecule has 2 aromatic rings. The minimum absolute atomic E-state index is 0.000992. The molecule has 1 amide bonds. The number of sulfone groups is 1. The molecule has 0 saturated heterocycles. The van der Waals surface area contributed by atoms with E-state index < -0.39 is 15.7 Å². The predicted molar refractivity (Wildman–Crippen MR) is 99.5 cm³/mol. The van der Waals surface area contributed by atoms with E-state index in [2.05, 4.69) is 5.32 Å². The molecule has 2 rings (SSSR count). The molecule has 1 N–H and O–H groups in total. The summed E-state index contributed by atoms with van der Waals surface area (Å²) in [7, 11) is -0.438. The van der Waals surface area contributed by atoms with Crippen LogP contribution in [0.2, 0.25) is 0 Å². The Morgan fingerprint density at radius 2 is 1.77 bits per heavy atom. The first-order chi connectivity index (χ1) is 12.4. The third kappa shape index (κ3) is 4.35. The zero-order chi connectivity index (χ0) is 19.2. The number of para-hydroxylation sites is 1. The van der Waals surface area contributed by atoms with Crippen LogP contribution in [0.15, 0.2) is 47.4 Å². The molecule has 0 aliphatic carbocycles. The van der Waals surface area contributed by atoms with Gasteiger partial charge in [0.1, 0.15) is 0 Å². The molecule has 0 aliphatic heterocycles. The van der Waals surface area contributed by atoms with Crippen LogP contribution in [0.3, 0.4) is 0 Å². The monoisotopic (exact) mass is 377 g/mol. The first-order valence-electron chi connectivity index (χ1n) is 8.24. The summed E-state index contributed by atoms with van der Waals surface area (Å²) in [5, 5.41) is 2.76. The van der Waals surface area contributed by atoms with Crippen molar-refractivity contribution in [1.82, 2.24) is 5.32 Å². The molecular weight excluding hydrogens is 354 g/mol. The molecule has 0 unspecified atom stereocenters. The van der Waals surface area contributed by atoms with Gasteiger partial charge in [0.15, 0.2) is 21.3 Å². The Morgan fingerprint density at radius 3 is 2.42 bits per heavy atom. The van der Waals surface area contributed by atoms with E-state index in [0.29, 0.717) is 17.9 Å². The molecule has 0 spiro atoms. The van der Waals surface area contributed by atoms with Gasteiger partial charge in [0.05, 0.1) is 30.4 Å². The number of rotatable bonds is 8. The van der Waals surface area contributed by atoms with Crippen LogP contribution >= 0.6 is 0 Å². The highest BCUT2D eigenvalue weighted by molar-refractivity contribution is 7.91. The van der Waals surface area contributed by atoms with E-state index >= 15 is 0 Å². The highest BCUT2D eigenvalue weighted by Crippen LogP contribution is 2.30. The van der Waals surface area contributed by atoms with E-state index in [1.54, 1.807) is 37.3 Å². The van der Waals surface area contributed by atoms with Gasteiger partial charge in [-0.2, -0.15) is 0 Å². The van der Waals surface area contributed by atoms with Gasteiger partial charge in [-0.05, 0) is 24.6 Å². The summed E-state index contributed by atoms with van der Waals surface area (Å²) in [5.41, 5.74) is 0.872. The highest BCUT2D eigenvalue weighted by atomic mass is 32.2. The van der Waals surface area contributed by atoms with E-state index in [4.69, 9.17) is 9.47 Å². The number of carbonyl (C=O) groups is 1. The van der Waals surface area contributed by atoms with Crippen molar-refractivity contribution in [3.05, 3.63) is 53.6 Å². The number of amides is 1. The Hall–Kier alpha value is -2.54. The second-order valence-electron chi connectivity index (χ2n) is 5.65. The minimum Gasteiger partial charge on any atom is -0.493 e. The van der Waals surface area contributed by atoms with Crippen molar-refractivity contribution in [2.45, 2.75) is 24.8 Å². The molecule has 0 aromatic heterocycles. The second-order valence-corrected chi connectivity index (χ2v) is 7.73. The fourth-order valence-corrected chi connectivity index (χ4v) is 4.21. The highest BCUT2D eigenvalue weighted by Gasteiger charge is 2.21. The SMILES string of the molecule is CCCS(=O)(=O)c1ccccc1C(=O)NCc1cccc(OC)c1OC. The van der Waals surface area contributed by atoms with Gasteiger partial charge in [-0.15, -0.1) is 0 Å². The molecule has 0 bridgehead atoms. The van der Waals surface area contributed by atoms with Crippen LogP contribution in [-0.4, -0.2) is 34.3 Å². The molecule has 140 valence electrons. The topological polar surface area (TPSA) is 81.7 Å². The van der Waals surface area contributed by atoms with Gasteiger partial charge < -0.3 is 14.8 Å². The van der Waals surface area contributed by atoms with E-state index in [0.717, 1.165) is 5.56 Å². The van der Waals surface area contributed by atoms with E-state index in [9.17, 15) is 13.2 Å². The number of methoxy groups -OCH3 is 2. The molecule has 0 heterocycles. The molecule has 7 heteroatoms. The number of ether oxygens (including phenoxy) is 2. The smallest absolute Gasteiger partial charge is 0.252 e. The predicted octanol–water partition coefficient (Wildman–Crippen LogP) is 2.82. The lowest BCUT2D eigenvalue weighted by Gasteiger charge is -2.14. The van der Waals surface area contributed by atoms with Crippen LogP contribution < -0.4 is 14.8 Å². The maximum atomic E-state index is 12.6. The molecule has 6 nitrogen and oxygen atoms in total. The van der Waals surface area contributed by atoms with E-state index in [1.807, 2.05) is 0 Å². The lowest BCUT2D eigenvalue weighted by molar-refractivity contribution is 0.0947. The summed E-state index contributed by atoms with van der Waals surface area (Å²) in [5.74, 6) is 0.638. The quantitative estimate of drug-likeness (QED) is 0.765. The van der Waals surface area contributed by atoms with Gasteiger partial charge in [-0.25, -0.2) is 8.42 Å². The standard InChI is InChI=1S/C19H23NO5S/c1-4-12-26(22,23)17-11-6-5-9-15(17)19(21)20-13-14-8-7-10-16(24-2)18(14)25-3/h5-11H,4,12-13H2,1-3H3,(H,20,21). The summed E-state index contributed by atoms with van der Waals surface area (Å²) < 4.78 is 35.4.